The number of amides is 2. The monoisotopic (exact) mass is 417 g/mol. The zero-order valence-electron chi connectivity index (χ0n) is 15.2. The van der Waals surface area contributed by atoms with Crippen molar-refractivity contribution in [2.24, 2.45) is 7.05 Å². The predicted octanol–water partition coefficient (Wildman–Crippen LogP) is 3.86. The number of halogens is 2. The van der Waals surface area contributed by atoms with Crippen LogP contribution in [0, 0.1) is 6.92 Å². The number of carbonyl (C=O) groups is 2. The Labute approximate surface area is 171 Å². The Hall–Kier alpha value is -2.90. The molecule has 0 radical (unpaired) electrons. The van der Waals surface area contributed by atoms with Crippen molar-refractivity contribution in [3.63, 3.8) is 0 Å². The van der Waals surface area contributed by atoms with Crippen molar-refractivity contribution < 1.29 is 9.59 Å². The maximum absolute atomic E-state index is 12.5. The van der Waals surface area contributed by atoms with E-state index in [4.69, 9.17) is 23.2 Å². The van der Waals surface area contributed by atoms with Crippen molar-refractivity contribution in [2.45, 2.75) is 13.3 Å². The van der Waals surface area contributed by atoms with Crippen LogP contribution in [0.5, 0.6) is 0 Å². The van der Waals surface area contributed by atoms with E-state index in [1.165, 1.54) is 12.3 Å². The van der Waals surface area contributed by atoms with Crippen LogP contribution >= 0.6 is 23.2 Å². The van der Waals surface area contributed by atoms with Crippen LogP contribution in [0.2, 0.25) is 10.0 Å². The minimum atomic E-state index is -0.362. The molecule has 0 aliphatic heterocycles. The lowest BCUT2D eigenvalue weighted by Gasteiger charge is -2.09. The SMILES string of the molecule is Cc1cnn(C)c1CC(=O)Nc1cc(C(=O)Nc2ccc(Cl)c(Cl)c2)ccn1. The fourth-order valence-corrected chi connectivity index (χ4v) is 2.88. The van der Waals surface area contributed by atoms with Crippen LogP contribution in [0.3, 0.4) is 0 Å². The van der Waals surface area contributed by atoms with Crippen molar-refractivity contribution >= 4 is 46.5 Å². The molecule has 0 saturated carbocycles. The molecule has 0 spiro atoms. The molecule has 0 bridgehead atoms. The van der Waals surface area contributed by atoms with Crippen molar-refractivity contribution in [1.29, 1.82) is 0 Å². The number of hydrogen-bond acceptors (Lipinski definition) is 4. The Morgan fingerprint density at radius 2 is 1.89 bits per heavy atom. The van der Waals surface area contributed by atoms with Gasteiger partial charge >= 0.3 is 0 Å². The maximum atomic E-state index is 12.5. The number of nitrogens with one attached hydrogen (secondary N) is 2. The number of hydrogen-bond donors (Lipinski definition) is 2. The molecule has 0 saturated heterocycles. The quantitative estimate of drug-likeness (QED) is 0.659. The molecule has 0 fully saturated rings. The predicted molar refractivity (Wildman–Crippen MR) is 109 cm³/mol. The Morgan fingerprint density at radius 1 is 1.11 bits per heavy atom. The number of aryl methyl sites for hydroxylation is 2. The molecule has 3 rings (SSSR count). The molecule has 0 aliphatic carbocycles. The fraction of sp³-hybridized carbons (Fsp3) is 0.158. The summed E-state index contributed by atoms with van der Waals surface area (Å²) in [5, 5.41) is 10.3. The van der Waals surface area contributed by atoms with E-state index in [9.17, 15) is 9.59 Å². The third kappa shape index (κ3) is 4.68. The summed E-state index contributed by atoms with van der Waals surface area (Å²) in [6.45, 7) is 1.89. The summed E-state index contributed by atoms with van der Waals surface area (Å²) in [4.78, 5) is 28.9. The zero-order valence-corrected chi connectivity index (χ0v) is 16.7. The minimum Gasteiger partial charge on any atom is -0.322 e. The molecule has 0 unspecified atom stereocenters. The average Bonchev–Trinajstić information content (AvgIpc) is 2.97. The Morgan fingerprint density at radius 3 is 2.57 bits per heavy atom. The van der Waals surface area contributed by atoms with Gasteiger partial charge in [-0.05, 0) is 42.8 Å². The second kappa shape index (κ2) is 8.41. The second-order valence-corrected chi connectivity index (χ2v) is 6.95. The molecule has 9 heteroatoms. The van der Waals surface area contributed by atoms with E-state index in [1.54, 1.807) is 42.2 Å². The molecule has 0 aliphatic rings. The summed E-state index contributed by atoms with van der Waals surface area (Å²) in [6, 6.07) is 7.85. The first kappa shape index (κ1) is 19.9. The molecule has 7 nitrogen and oxygen atoms in total. The van der Waals surface area contributed by atoms with Gasteiger partial charge in [-0.15, -0.1) is 0 Å². The van der Waals surface area contributed by atoms with Gasteiger partial charge in [-0.3, -0.25) is 14.3 Å². The van der Waals surface area contributed by atoms with E-state index < -0.39 is 0 Å². The lowest BCUT2D eigenvalue weighted by Crippen LogP contribution is -2.18. The van der Waals surface area contributed by atoms with Gasteiger partial charge in [0.25, 0.3) is 5.91 Å². The molecular formula is C19H17Cl2N5O2. The molecule has 2 N–H and O–H groups in total. The Balaban J connectivity index is 1.68. The van der Waals surface area contributed by atoms with E-state index in [2.05, 4.69) is 20.7 Å². The maximum Gasteiger partial charge on any atom is 0.255 e. The van der Waals surface area contributed by atoms with Gasteiger partial charge in [0.15, 0.2) is 0 Å². The first-order valence-electron chi connectivity index (χ1n) is 8.33. The highest BCUT2D eigenvalue weighted by atomic mass is 35.5. The van der Waals surface area contributed by atoms with Crippen LogP contribution in [-0.2, 0) is 18.3 Å². The second-order valence-electron chi connectivity index (χ2n) is 6.14. The molecule has 3 aromatic rings. The van der Waals surface area contributed by atoms with E-state index >= 15 is 0 Å². The first-order chi connectivity index (χ1) is 13.3. The van der Waals surface area contributed by atoms with Crippen molar-refractivity contribution in [1.82, 2.24) is 14.8 Å². The topological polar surface area (TPSA) is 88.9 Å². The average molecular weight is 418 g/mol. The number of carbonyl (C=O) groups excluding carboxylic acids is 2. The highest BCUT2D eigenvalue weighted by molar-refractivity contribution is 6.42. The summed E-state index contributed by atoms with van der Waals surface area (Å²) < 4.78 is 1.66. The van der Waals surface area contributed by atoms with Crippen molar-refractivity contribution in [3.8, 4) is 0 Å². The van der Waals surface area contributed by atoms with Gasteiger partial charge < -0.3 is 10.6 Å². The molecule has 28 heavy (non-hydrogen) atoms. The lowest BCUT2D eigenvalue weighted by molar-refractivity contribution is -0.115. The van der Waals surface area contributed by atoms with E-state index in [1.807, 2.05) is 6.92 Å². The van der Waals surface area contributed by atoms with Gasteiger partial charge in [0.2, 0.25) is 5.91 Å². The third-order valence-electron chi connectivity index (χ3n) is 4.07. The third-order valence-corrected chi connectivity index (χ3v) is 4.80. The van der Waals surface area contributed by atoms with Crippen LogP contribution < -0.4 is 10.6 Å². The molecule has 2 heterocycles. The molecule has 1 aromatic carbocycles. The van der Waals surface area contributed by atoms with E-state index in [0.717, 1.165) is 11.3 Å². The summed E-state index contributed by atoms with van der Waals surface area (Å²) in [5.74, 6) is -0.327. The first-order valence-corrected chi connectivity index (χ1v) is 9.09. The molecule has 2 aromatic heterocycles. The zero-order chi connectivity index (χ0) is 20.3. The number of pyridine rings is 1. The van der Waals surface area contributed by atoms with Gasteiger partial charge in [-0.1, -0.05) is 23.2 Å². The Bertz CT molecular complexity index is 1030. The van der Waals surface area contributed by atoms with Gasteiger partial charge in [0, 0.05) is 24.5 Å². The van der Waals surface area contributed by atoms with Crippen molar-refractivity contribution in [3.05, 3.63) is 69.6 Å². The van der Waals surface area contributed by atoms with Crippen LogP contribution in [0.1, 0.15) is 21.6 Å². The van der Waals surface area contributed by atoms with E-state index in [-0.39, 0.29) is 24.1 Å². The molecule has 0 atom stereocenters. The Kier molecular flexibility index (Phi) is 5.96. The largest absolute Gasteiger partial charge is 0.322 e. The number of aromatic nitrogens is 3. The molecule has 144 valence electrons. The number of benzene rings is 1. The van der Waals surface area contributed by atoms with Crippen LogP contribution in [-0.4, -0.2) is 26.6 Å². The highest BCUT2D eigenvalue weighted by Crippen LogP contribution is 2.25. The summed E-state index contributed by atoms with van der Waals surface area (Å²) in [7, 11) is 1.78. The standard InChI is InChI=1S/C19H17Cl2N5O2/c1-11-10-23-26(2)16(11)9-18(27)25-17-7-12(5-6-22-17)19(28)24-13-3-4-14(20)15(21)8-13/h3-8,10H,9H2,1-2H3,(H,24,28)(H,22,25,27). The van der Waals surface area contributed by atoms with Gasteiger partial charge in [0.05, 0.1) is 28.4 Å². The number of rotatable bonds is 5. The van der Waals surface area contributed by atoms with E-state index in [0.29, 0.717) is 21.3 Å². The van der Waals surface area contributed by atoms with Crippen LogP contribution in [0.15, 0.2) is 42.7 Å². The van der Waals surface area contributed by atoms with Gasteiger partial charge in [-0.2, -0.15) is 5.10 Å². The fourth-order valence-electron chi connectivity index (χ4n) is 2.58. The summed E-state index contributed by atoms with van der Waals surface area (Å²) in [6.07, 6.45) is 3.31. The number of anilines is 2. The smallest absolute Gasteiger partial charge is 0.255 e. The van der Waals surface area contributed by atoms with Crippen molar-refractivity contribution in [2.75, 3.05) is 10.6 Å². The normalized spacial score (nSPS) is 10.6. The van der Waals surface area contributed by atoms with Gasteiger partial charge in [0.1, 0.15) is 5.82 Å². The summed E-state index contributed by atoms with van der Waals surface area (Å²) in [5.41, 5.74) is 2.59. The highest BCUT2D eigenvalue weighted by Gasteiger charge is 2.13. The number of nitrogens with zero attached hydrogens (tertiary/aromatic N) is 3. The summed E-state index contributed by atoms with van der Waals surface area (Å²) >= 11 is 11.8. The molecule has 2 amide bonds. The van der Waals surface area contributed by atoms with Crippen LogP contribution in [0.25, 0.3) is 0 Å². The molecular weight excluding hydrogens is 401 g/mol. The van der Waals surface area contributed by atoms with Gasteiger partial charge in [-0.25, -0.2) is 4.98 Å². The minimum absolute atomic E-state index is 0.156. The lowest BCUT2D eigenvalue weighted by atomic mass is 10.2. The van der Waals surface area contributed by atoms with Crippen LogP contribution in [0.4, 0.5) is 11.5 Å².